The molecule has 0 aliphatic carbocycles. The van der Waals surface area contributed by atoms with Gasteiger partial charge in [-0.05, 0) is 120 Å². The number of para-hydroxylation sites is 1. The van der Waals surface area contributed by atoms with Gasteiger partial charge in [0.05, 0.1) is 16.8 Å². The van der Waals surface area contributed by atoms with Gasteiger partial charge in [-0.15, -0.1) is 0 Å². The number of aryl methyl sites for hydroxylation is 2. The molecule has 0 radical (unpaired) electrons. The number of rotatable bonds is 3. The van der Waals surface area contributed by atoms with E-state index < -0.39 is 0 Å². The molecular formula is C48H34N4O+2. The van der Waals surface area contributed by atoms with Gasteiger partial charge in [0.25, 0.3) is 0 Å². The van der Waals surface area contributed by atoms with Crippen LogP contribution in [0.15, 0.2) is 163 Å². The Morgan fingerprint density at radius 3 is 2.23 bits per heavy atom. The predicted molar refractivity (Wildman–Crippen MR) is 212 cm³/mol. The number of aromatic nitrogens is 3. The fourth-order valence-electron chi connectivity index (χ4n) is 8.61. The van der Waals surface area contributed by atoms with Crippen molar-refractivity contribution in [2.75, 3.05) is 4.90 Å². The summed E-state index contributed by atoms with van der Waals surface area (Å²) < 4.78 is 11.2. The van der Waals surface area contributed by atoms with Crippen molar-refractivity contribution in [1.29, 1.82) is 0 Å². The minimum absolute atomic E-state index is 0.721. The molecule has 5 heteroatoms. The highest BCUT2D eigenvalue weighted by molar-refractivity contribution is 6.08. The SMILES string of the molecule is Cc1ccccc1-c1cc2c(cc1C)oc1ccc(-c3ccnc(N4c5cccc6c5C[n+]5ccccc5-c5cccc4c5-[n+]4ccccc4-6)c3)cc12. The number of nitrogens with zero attached hydrogens (tertiary/aromatic N) is 4. The van der Waals surface area contributed by atoms with Gasteiger partial charge in [0.1, 0.15) is 28.2 Å². The molecule has 0 spiro atoms. The van der Waals surface area contributed by atoms with Crippen molar-refractivity contribution in [2.24, 2.45) is 0 Å². The highest BCUT2D eigenvalue weighted by atomic mass is 16.3. The number of hydrogen-bond donors (Lipinski definition) is 0. The molecule has 4 aromatic heterocycles. The summed E-state index contributed by atoms with van der Waals surface area (Å²) in [5, 5.41) is 2.23. The topological polar surface area (TPSA) is 37.0 Å². The van der Waals surface area contributed by atoms with Gasteiger partial charge in [-0.3, -0.25) is 4.90 Å². The van der Waals surface area contributed by atoms with Crippen LogP contribution in [-0.4, -0.2) is 4.98 Å². The van der Waals surface area contributed by atoms with E-state index in [2.05, 4.69) is 180 Å². The number of fused-ring (bicyclic) bond motifs is 3. The first-order valence-electron chi connectivity index (χ1n) is 18.2. The van der Waals surface area contributed by atoms with Crippen LogP contribution < -0.4 is 14.0 Å². The molecule has 0 fully saturated rings. The number of hydrogen-bond acceptors (Lipinski definition) is 3. The fourth-order valence-corrected chi connectivity index (χ4v) is 8.61. The normalized spacial score (nSPS) is 12.6. The third kappa shape index (κ3) is 4.47. The lowest BCUT2D eigenvalue weighted by molar-refractivity contribution is -0.677. The van der Waals surface area contributed by atoms with Gasteiger partial charge in [0, 0.05) is 41.2 Å². The molecule has 7 heterocycles. The van der Waals surface area contributed by atoms with Crippen LogP contribution in [0.3, 0.4) is 0 Å². The van der Waals surface area contributed by atoms with Crippen molar-refractivity contribution in [3.63, 3.8) is 0 Å². The molecule has 5 nitrogen and oxygen atoms in total. The Kier molecular flexibility index (Phi) is 6.38. The van der Waals surface area contributed by atoms with Crippen LogP contribution in [0, 0.1) is 13.8 Å². The lowest BCUT2D eigenvalue weighted by atomic mass is 9.94. The molecule has 5 aromatic carbocycles. The Bertz CT molecular complexity index is 2980. The van der Waals surface area contributed by atoms with Gasteiger partial charge < -0.3 is 4.42 Å². The molecule has 0 saturated heterocycles. The van der Waals surface area contributed by atoms with Crippen LogP contribution in [0.25, 0.3) is 72.4 Å². The number of pyridine rings is 3. The lowest BCUT2D eigenvalue weighted by Crippen LogP contribution is -2.37. The number of benzene rings is 5. The fraction of sp³-hybridized carbons (Fsp3) is 0.0625. The van der Waals surface area contributed by atoms with Crippen LogP contribution in [0.2, 0.25) is 0 Å². The Balaban J connectivity index is 1.12. The summed E-state index contributed by atoms with van der Waals surface area (Å²) in [6.45, 7) is 5.06. The molecule has 3 aliphatic rings. The third-order valence-electron chi connectivity index (χ3n) is 11.1. The van der Waals surface area contributed by atoms with Crippen LogP contribution in [0.4, 0.5) is 17.2 Å². The molecule has 9 aromatic rings. The summed E-state index contributed by atoms with van der Waals surface area (Å²) in [5.41, 5.74) is 18.3. The zero-order chi connectivity index (χ0) is 35.2. The Labute approximate surface area is 307 Å². The second kappa shape index (κ2) is 11.3. The zero-order valence-corrected chi connectivity index (χ0v) is 29.4. The average Bonchev–Trinajstić information content (AvgIpc) is 3.57. The van der Waals surface area contributed by atoms with E-state index in [1.165, 1.54) is 50.3 Å². The summed E-state index contributed by atoms with van der Waals surface area (Å²) >= 11 is 0. The molecule has 0 saturated carbocycles. The van der Waals surface area contributed by atoms with E-state index in [9.17, 15) is 0 Å². The van der Waals surface area contributed by atoms with Gasteiger partial charge in [-0.1, -0.05) is 42.5 Å². The summed E-state index contributed by atoms with van der Waals surface area (Å²) in [6, 6.07) is 50.3. The van der Waals surface area contributed by atoms with Gasteiger partial charge in [-0.2, -0.15) is 9.13 Å². The van der Waals surface area contributed by atoms with E-state index in [0.29, 0.717) is 0 Å². The van der Waals surface area contributed by atoms with Gasteiger partial charge in [0.15, 0.2) is 18.9 Å². The molecule has 6 bridgehead atoms. The maximum atomic E-state index is 6.43. The third-order valence-corrected chi connectivity index (χ3v) is 11.1. The molecule has 0 unspecified atom stereocenters. The number of furan rings is 1. The van der Waals surface area contributed by atoms with Gasteiger partial charge in [0.2, 0.25) is 17.1 Å². The molecule has 0 N–H and O–H groups in total. The molecule has 0 atom stereocenters. The monoisotopic (exact) mass is 682 g/mol. The highest BCUT2D eigenvalue weighted by Gasteiger charge is 2.38. The zero-order valence-electron chi connectivity index (χ0n) is 29.4. The van der Waals surface area contributed by atoms with Crippen molar-refractivity contribution >= 4 is 39.1 Å². The second-order valence-corrected chi connectivity index (χ2v) is 14.2. The maximum Gasteiger partial charge on any atom is 0.249 e. The van der Waals surface area contributed by atoms with Gasteiger partial charge >= 0.3 is 0 Å². The van der Waals surface area contributed by atoms with E-state index in [1.54, 1.807) is 0 Å². The van der Waals surface area contributed by atoms with Crippen molar-refractivity contribution in [3.8, 4) is 50.5 Å². The first-order valence-corrected chi connectivity index (χ1v) is 18.2. The van der Waals surface area contributed by atoms with E-state index in [0.717, 1.165) is 62.5 Å². The maximum absolute atomic E-state index is 6.43. The van der Waals surface area contributed by atoms with Crippen LogP contribution in [0.5, 0.6) is 0 Å². The minimum Gasteiger partial charge on any atom is -0.456 e. The average molecular weight is 683 g/mol. The van der Waals surface area contributed by atoms with E-state index in [-0.39, 0.29) is 0 Å². The van der Waals surface area contributed by atoms with Crippen molar-refractivity contribution in [2.45, 2.75) is 20.4 Å². The molecular weight excluding hydrogens is 649 g/mol. The number of anilines is 3. The molecule has 250 valence electrons. The van der Waals surface area contributed by atoms with Crippen molar-refractivity contribution in [1.82, 2.24) is 4.98 Å². The van der Waals surface area contributed by atoms with E-state index in [1.807, 2.05) is 6.20 Å². The van der Waals surface area contributed by atoms with E-state index in [4.69, 9.17) is 9.40 Å². The summed E-state index contributed by atoms with van der Waals surface area (Å²) in [7, 11) is 0. The predicted octanol–water partition coefficient (Wildman–Crippen LogP) is 11.0. The van der Waals surface area contributed by atoms with Gasteiger partial charge in [-0.25, -0.2) is 4.98 Å². The summed E-state index contributed by atoms with van der Waals surface area (Å²) in [4.78, 5) is 7.46. The van der Waals surface area contributed by atoms with E-state index >= 15 is 0 Å². The first-order chi connectivity index (χ1) is 26.1. The minimum atomic E-state index is 0.721. The Hall–Kier alpha value is -6.85. The summed E-state index contributed by atoms with van der Waals surface area (Å²) in [6.07, 6.45) is 6.33. The Morgan fingerprint density at radius 1 is 0.566 bits per heavy atom. The lowest BCUT2D eigenvalue weighted by Gasteiger charge is -2.28. The van der Waals surface area contributed by atoms with Crippen LogP contribution >= 0.6 is 0 Å². The Morgan fingerprint density at radius 2 is 1.32 bits per heavy atom. The van der Waals surface area contributed by atoms with Crippen molar-refractivity contribution in [3.05, 3.63) is 175 Å². The smallest absolute Gasteiger partial charge is 0.249 e. The first kappa shape index (κ1) is 29.8. The largest absolute Gasteiger partial charge is 0.456 e. The van der Waals surface area contributed by atoms with Crippen molar-refractivity contribution < 1.29 is 13.6 Å². The standard InChI is InChI=1S/C48H34N4O/c1-30-11-3-4-12-34(30)37-28-39-38-26-32(19-20-45(38)53-46(39)25-31(37)2)33-21-22-49-47(27-33)52-43-17-9-13-35-40(43)29-50-23-7-5-15-41(50)36-14-10-18-44(52)48(36)51-24-8-6-16-42(35)51/h3-28H,29H2,1-2H3/q+2. The molecule has 3 aliphatic heterocycles. The molecule has 0 amide bonds. The molecule has 12 rings (SSSR count). The molecule has 53 heavy (non-hydrogen) atoms. The summed E-state index contributed by atoms with van der Waals surface area (Å²) in [5.74, 6) is 0.866. The van der Waals surface area contributed by atoms with Crippen LogP contribution in [0.1, 0.15) is 16.7 Å². The second-order valence-electron chi connectivity index (χ2n) is 14.2. The van der Waals surface area contributed by atoms with Crippen LogP contribution in [-0.2, 0) is 6.54 Å². The highest BCUT2D eigenvalue weighted by Crippen LogP contribution is 2.46. The quantitative estimate of drug-likeness (QED) is 0.174.